The number of hydrogen-bond acceptors (Lipinski definition) is 3. The van der Waals surface area contributed by atoms with Crippen LogP contribution in [0, 0.1) is 0 Å². The van der Waals surface area contributed by atoms with E-state index in [2.05, 4.69) is 10.1 Å². The monoisotopic (exact) mass is 226 g/mol. The molecule has 1 aromatic heterocycles. The molecule has 0 saturated carbocycles. The van der Waals surface area contributed by atoms with Crippen LogP contribution in [0.2, 0.25) is 0 Å². The second-order valence-electron chi connectivity index (χ2n) is 2.40. The van der Waals surface area contributed by atoms with E-state index < -0.39 is 26.9 Å². The Hall–Kier alpha value is -1.15. The van der Waals surface area contributed by atoms with Gasteiger partial charge in [0.25, 0.3) is 10.0 Å². The fourth-order valence-corrected chi connectivity index (χ4v) is 1.22. The van der Waals surface area contributed by atoms with Crippen molar-refractivity contribution in [2.45, 2.75) is 11.2 Å². The van der Waals surface area contributed by atoms with Crippen molar-refractivity contribution in [2.24, 2.45) is 5.14 Å². The zero-order valence-electron chi connectivity index (χ0n) is 6.62. The van der Waals surface area contributed by atoms with Gasteiger partial charge in [0.1, 0.15) is 5.69 Å². The van der Waals surface area contributed by atoms with E-state index in [0.717, 1.165) is 12.1 Å². The van der Waals surface area contributed by atoms with Crippen LogP contribution in [-0.4, -0.2) is 13.4 Å². The van der Waals surface area contributed by atoms with Crippen LogP contribution >= 0.6 is 0 Å². The molecule has 0 radical (unpaired) electrons. The average Bonchev–Trinajstić information content (AvgIpc) is 2.01. The Bertz CT molecular complexity index is 441. The molecule has 8 heteroatoms. The number of sulfonamides is 1. The van der Waals surface area contributed by atoms with Crippen molar-refractivity contribution in [1.29, 1.82) is 0 Å². The number of nitrogens with two attached hydrogens (primary N) is 1. The molecule has 1 aromatic rings. The molecule has 14 heavy (non-hydrogen) atoms. The lowest BCUT2D eigenvalue weighted by molar-refractivity contribution is -0.141. The fraction of sp³-hybridized carbons (Fsp3) is 0.167. The number of pyridine rings is 1. The Balaban J connectivity index is 3.29. The molecule has 0 amide bonds. The van der Waals surface area contributed by atoms with Crippen molar-refractivity contribution in [3.63, 3.8) is 0 Å². The van der Waals surface area contributed by atoms with E-state index in [-0.39, 0.29) is 0 Å². The second kappa shape index (κ2) is 3.21. The van der Waals surface area contributed by atoms with Gasteiger partial charge in [-0.15, -0.1) is 0 Å². The van der Waals surface area contributed by atoms with Crippen molar-refractivity contribution in [2.75, 3.05) is 0 Å². The molecule has 0 fully saturated rings. The molecular formula is C6H5F3N2O2S. The van der Waals surface area contributed by atoms with Crippen LogP contribution in [-0.2, 0) is 16.2 Å². The highest BCUT2D eigenvalue weighted by Crippen LogP contribution is 2.27. The van der Waals surface area contributed by atoms with Crippen LogP contribution in [0.3, 0.4) is 0 Å². The van der Waals surface area contributed by atoms with Crippen molar-refractivity contribution in [1.82, 2.24) is 4.98 Å². The molecule has 0 aromatic carbocycles. The number of halogens is 3. The van der Waals surface area contributed by atoms with Gasteiger partial charge in [-0.25, -0.2) is 18.5 Å². The largest absolute Gasteiger partial charge is 0.433 e. The molecule has 0 aliphatic rings. The summed E-state index contributed by atoms with van der Waals surface area (Å²) >= 11 is 0. The summed E-state index contributed by atoms with van der Waals surface area (Å²) in [5, 5.41) is 3.81. The van der Waals surface area contributed by atoms with Gasteiger partial charge < -0.3 is 0 Å². The maximum atomic E-state index is 12.1. The zero-order chi connectivity index (χ0) is 11.0. The van der Waals surface area contributed by atoms with E-state index in [1.54, 1.807) is 0 Å². The van der Waals surface area contributed by atoms with Crippen LogP contribution in [0.15, 0.2) is 23.2 Å². The van der Waals surface area contributed by atoms with E-state index in [1.165, 1.54) is 0 Å². The van der Waals surface area contributed by atoms with Crippen molar-refractivity contribution in [3.8, 4) is 0 Å². The number of hydrogen-bond donors (Lipinski definition) is 1. The SMILES string of the molecule is NS(=O)(=O)c1cccc(C(F)(F)F)n1. The molecule has 1 rings (SSSR count). The maximum absolute atomic E-state index is 12.1. The molecule has 78 valence electrons. The lowest BCUT2D eigenvalue weighted by Gasteiger charge is -2.05. The van der Waals surface area contributed by atoms with Crippen LogP contribution < -0.4 is 5.14 Å². The van der Waals surface area contributed by atoms with Gasteiger partial charge in [0, 0.05) is 0 Å². The predicted molar refractivity (Wildman–Crippen MR) is 40.6 cm³/mol. The summed E-state index contributed by atoms with van der Waals surface area (Å²) in [7, 11) is -4.20. The molecule has 0 bridgehead atoms. The van der Waals surface area contributed by atoms with Gasteiger partial charge in [-0.2, -0.15) is 13.2 Å². The van der Waals surface area contributed by atoms with Gasteiger partial charge >= 0.3 is 6.18 Å². The first-order chi connectivity index (χ1) is 6.21. The number of primary sulfonamides is 1. The first-order valence-corrected chi connectivity index (χ1v) is 4.83. The summed E-state index contributed by atoms with van der Waals surface area (Å²) in [6.45, 7) is 0. The summed E-state index contributed by atoms with van der Waals surface area (Å²) in [5.41, 5.74) is -1.29. The van der Waals surface area contributed by atoms with E-state index >= 15 is 0 Å². The summed E-state index contributed by atoms with van der Waals surface area (Å²) in [6.07, 6.45) is -4.68. The quantitative estimate of drug-likeness (QED) is 0.767. The number of aromatic nitrogens is 1. The lowest BCUT2D eigenvalue weighted by atomic mass is 10.3. The Kier molecular flexibility index (Phi) is 2.50. The van der Waals surface area contributed by atoms with Gasteiger partial charge in [0.2, 0.25) is 0 Å². The minimum atomic E-state index is -4.68. The van der Waals surface area contributed by atoms with Crippen LogP contribution in [0.4, 0.5) is 13.2 Å². The highest BCUT2D eigenvalue weighted by Gasteiger charge is 2.33. The lowest BCUT2D eigenvalue weighted by Crippen LogP contribution is -2.17. The van der Waals surface area contributed by atoms with Crippen molar-refractivity contribution < 1.29 is 21.6 Å². The Morgan fingerprint density at radius 2 is 1.86 bits per heavy atom. The minimum absolute atomic E-state index is 0.661. The molecule has 0 unspecified atom stereocenters. The molecule has 0 spiro atoms. The van der Waals surface area contributed by atoms with Gasteiger partial charge in [0.05, 0.1) is 0 Å². The molecular weight excluding hydrogens is 221 g/mol. The van der Waals surface area contributed by atoms with Gasteiger partial charge in [-0.05, 0) is 12.1 Å². The third kappa shape index (κ3) is 2.42. The normalized spacial score (nSPS) is 12.9. The highest BCUT2D eigenvalue weighted by molar-refractivity contribution is 7.89. The maximum Gasteiger partial charge on any atom is 0.433 e. The summed E-state index contributed by atoms with van der Waals surface area (Å²) in [5.74, 6) is 0. The molecule has 0 saturated heterocycles. The van der Waals surface area contributed by atoms with Crippen molar-refractivity contribution in [3.05, 3.63) is 23.9 Å². The molecule has 4 nitrogen and oxygen atoms in total. The van der Waals surface area contributed by atoms with Gasteiger partial charge in [-0.1, -0.05) is 6.07 Å². The van der Waals surface area contributed by atoms with E-state index in [9.17, 15) is 21.6 Å². The molecule has 0 atom stereocenters. The third-order valence-corrected chi connectivity index (χ3v) is 2.12. The Morgan fingerprint density at radius 3 is 2.29 bits per heavy atom. The Morgan fingerprint density at radius 1 is 1.29 bits per heavy atom. The van der Waals surface area contributed by atoms with Gasteiger partial charge in [-0.3, -0.25) is 0 Å². The zero-order valence-corrected chi connectivity index (χ0v) is 7.43. The number of alkyl halides is 3. The summed E-state index contributed by atoms with van der Waals surface area (Å²) in [6, 6.07) is 2.48. The molecule has 0 aliphatic carbocycles. The highest BCUT2D eigenvalue weighted by atomic mass is 32.2. The first kappa shape index (κ1) is 10.9. The smallest absolute Gasteiger partial charge is 0.230 e. The third-order valence-electron chi connectivity index (χ3n) is 1.31. The van der Waals surface area contributed by atoms with Crippen molar-refractivity contribution >= 4 is 10.0 Å². The molecule has 2 N–H and O–H groups in total. The molecule has 1 heterocycles. The summed E-state index contributed by atoms with van der Waals surface area (Å²) < 4.78 is 57.5. The Labute approximate surface area is 77.6 Å². The van der Waals surface area contributed by atoms with E-state index in [1.807, 2.05) is 0 Å². The van der Waals surface area contributed by atoms with E-state index in [0.29, 0.717) is 6.07 Å². The molecule has 0 aliphatic heterocycles. The number of nitrogens with zero attached hydrogens (tertiary/aromatic N) is 1. The first-order valence-electron chi connectivity index (χ1n) is 3.28. The van der Waals surface area contributed by atoms with Crippen LogP contribution in [0.25, 0.3) is 0 Å². The predicted octanol–water partition coefficient (Wildman–Crippen LogP) is 0.748. The van der Waals surface area contributed by atoms with Crippen LogP contribution in [0.5, 0.6) is 0 Å². The fourth-order valence-electron chi connectivity index (χ4n) is 0.731. The summed E-state index contributed by atoms with van der Waals surface area (Å²) in [4.78, 5) is 2.88. The van der Waals surface area contributed by atoms with E-state index in [4.69, 9.17) is 0 Å². The standard InChI is InChI=1S/C6H5F3N2O2S/c7-6(8,9)4-2-1-3-5(11-4)14(10,12)13/h1-3H,(H2,10,12,13). The van der Waals surface area contributed by atoms with Crippen LogP contribution in [0.1, 0.15) is 5.69 Å². The topological polar surface area (TPSA) is 73.1 Å². The van der Waals surface area contributed by atoms with Gasteiger partial charge in [0.15, 0.2) is 5.03 Å². The minimum Gasteiger partial charge on any atom is -0.230 e. The number of rotatable bonds is 1. The average molecular weight is 226 g/mol. The second-order valence-corrected chi connectivity index (χ2v) is 3.91.